The van der Waals surface area contributed by atoms with Crippen molar-refractivity contribution in [2.24, 2.45) is 0 Å². The molecule has 1 aliphatic rings. The number of hydrogen-bond acceptors (Lipinski definition) is 4. The summed E-state index contributed by atoms with van der Waals surface area (Å²) in [5.74, 6) is 0.0684. The van der Waals surface area contributed by atoms with Crippen LogP contribution < -0.4 is 10.2 Å². The van der Waals surface area contributed by atoms with Gasteiger partial charge in [0.25, 0.3) is 5.91 Å². The number of fused-ring (bicyclic) bond motifs is 1. The predicted molar refractivity (Wildman–Crippen MR) is 123 cm³/mol. The molecule has 1 fully saturated rings. The number of amides is 2. The second-order valence-electron chi connectivity index (χ2n) is 7.94. The summed E-state index contributed by atoms with van der Waals surface area (Å²) >= 11 is 0. The lowest BCUT2D eigenvalue weighted by Crippen LogP contribution is -2.24. The zero-order valence-corrected chi connectivity index (χ0v) is 17.4. The van der Waals surface area contributed by atoms with Gasteiger partial charge in [-0.15, -0.1) is 0 Å². The molecule has 158 valence electrons. The van der Waals surface area contributed by atoms with Crippen LogP contribution in [-0.2, 0) is 11.3 Å². The monoisotopic (exact) mass is 422 g/mol. The van der Waals surface area contributed by atoms with Crippen molar-refractivity contribution in [1.82, 2.24) is 15.3 Å². The molecule has 0 aliphatic carbocycles. The minimum Gasteiger partial charge on any atom is -0.346 e. The molecule has 1 aliphatic heterocycles. The quantitative estimate of drug-likeness (QED) is 0.526. The smallest absolute Gasteiger partial charge is 0.251 e. The maximum Gasteiger partial charge on any atom is 0.251 e. The Bertz CT molecular complexity index is 1270. The molecule has 2 aromatic heterocycles. The molecule has 1 N–H and O–H groups in total. The van der Waals surface area contributed by atoms with Crippen LogP contribution in [0, 0.1) is 0 Å². The molecule has 0 saturated carbocycles. The van der Waals surface area contributed by atoms with Gasteiger partial charge in [0, 0.05) is 54.1 Å². The standard InChI is InChI=1S/C26H22N4O2/c31-25-14-22(17-30(25)24-9-8-21-15-27-12-10-20(21)13-24)18-4-6-19(7-5-18)26(32)29-16-23-3-1-2-11-28-23/h1-13,15,22H,14,16-17H2,(H,29,32). The van der Waals surface area contributed by atoms with Crippen LogP contribution in [0.25, 0.3) is 10.8 Å². The average molecular weight is 422 g/mol. The summed E-state index contributed by atoms with van der Waals surface area (Å²) in [5.41, 5.74) is 3.37. The van der Waals surface area contributed by atoms with Crippen LogP contribution in [0.15, 0.2) is 85.3 Å². The molecule has 0 bridgehead atoms. The van der Waals surface area contributed by atoms with E-state index in [-0.39, 0.29) is 17.7 Å². The van der Waals surface area contributed by atoms with Gasteiger partial charge in [0.15, 0.2) is 0 Å². The lowest BCUT2D eigenvalue weighted by Gasteiger charge is -2.17. The van der Waals surface area contributed by atoms with Crippen LogP contribution >= 0.6 is 0 Å². The van der Waals surface area contributed by atoms with Gasteiger partial charge in [-0.1, -0.05) is 24.3 Å². The summed E-state index contributed by atoms with van der Waals surface area (Å²) in [6, 6.07) is 21.1. The lowest BCUT2D eigenvalue weighted by molar-refractivity contribution is -0.117. The number of pyridine rings is 2. The third-order valence-corrected chi connectivity index (χ3v) is 5.86. The van der Waals surface area contributed by atoms with E-state index in [0.29, 0.717) is 25.1 Å². The van der Waals surface area contributed by atoms with E-state index in [1.54, 1.807) is 12.4 Å². The molecule has 4 aromatic rings. The number of rotatable bonds is 5. The van der Waals surface area contributed by atoms with Crippen molar-refractivity contribution < 1.29 is 9.59 Å². The third kappa shape index (κ3) is 4.07. The van der Waals surface area contributed by atoms with Crippen LogP contribution in [0.1, 0.15) is 34.0 Å². The van der Waals surface area contributed by atoms with Gasteiger partial charge in [0.1, 0.15) is 0 Å². The van der Waals surface area contributed by atoms with Crippen LogP contribution in [0.2, 0.25) is 0 Å². The molecule has 3 heterocycles. The Labute approximate surface area is 185 Å². The maximum absolute atomic E-state index is 12.7. The molecule has 6 heteroatoms. The Kier molecular flexibility index (Phi) is 5.34. The lowest BCUT2D eigenvalue weighted by atomic mass is 9.97. The van der Waals surface area contributed by atoms with E-state index in [0.717, 1.165) is 27.7 Å². The van der Waals surface area contributed by atoms with E-state index in [1.807, 2.05) is 77.8 Å². The molecule has 2 aromatic carbocycles. The largest absolute Gasteiger partial charge is 0.346 e. The van der Waals surface area contributed by atoms with Gasteiger partial charge >= 0.3 is 0 Å². The Morgan fingerprint density at radius 3 is 2.69 bits per heavy atom. The van der Waals surface area contributed by atoms with Gasteiger partial charge in [-0.3, -0.25) is 19.6 Å². The van der Waals surface area contributed by atoms with E-state index in [4.69, 9.17) is 0 Å². The van der Waals surface area contributed by atoms with E-state index >= 15 is 0 Å². The van der Waals surface area contributed by atoms with E-state index in [1.165, 1.54) is 0 Å². The highest BCUT2D eigenvalue weighted by molar-refractivity contribution is 5.99. The molecule has 6 nitrogen and oxygen atoms in total. The normalized spacial score (nSPS) is 15.8. The topological polar surface area (TPSA) is 75.2 Å². The van der Waals surface area contributed by atoms with Gasteiger partial charge in [-0.05, 0) is 53.4 Å². The van der Waals surface area contributed by atoms with Crippen molar-refractivity contribution in [2.75, 3.05) is 11.4 Å². The Balaban J connectivity index is 1.26. The van der Waals surface area contributed by atoms with Crippen molar-refractivity contribution in [3.05, 3.63) is 102 Å². The first kappa shape index (κ1) is 19.9. The number of hydrogen-bond donors (Lipinski definition) is 1. The Hall–Kier alpha value is -4.06. The van der Waals surface area contributed by atoms with E-state index in [2.05, 4.69) is 15.3 Å². The maximum atomic E-state index is 12.7. The molecule has 2 amide bonds. The van der Waals surface area contributed by atoms with Gasteiger partial charge in [-0.25, -0.2) is 0 Å². The first-order valence-corrected chi connectivity index (χ1v) is 10.6. The van der Waals surface area contributed by atoms with Gasteiger partial charge in [0.2, 0.25) is 5.91 Å². The van der Waals surface area contributed by atoms with E-state index < -0.39 is 0 Å². The van der Waals surface area contributed by atoms with E-state index in [9.17, 15) is 9.59 Å². The highest BCUT2D eigenvalue weighted by atomic mass is 16.2. The number of nitrogens with one attached hydrogen (secondary N) is 1. The number of carbonyl (C=O) groups is 2. The second-order valence-corrected chi connectivity index (χ2v) is 7.94. The first-order chi connectivity index (χ1) is 15.7. The number of carbonyl (C=O) groups excluding carboxylic acids is 2. The van der Waals surface area contributed by atoms with Gasteiger partial charge in [-0.2, -0.15) is 0 Å². The average Bonchev–Trinajstić information content (AvgIpc) is 3.24. The highest BCUT2D eigenvalue weighted by Crippen LogP contribution is 2.33. The van der Waals surface area contributed by atoms with Crippen molar-refractivity contribution in [3.63, 3.8) is 0 Å². The highest BCUT2D eigenvalue weighted by Gasteiger charge is 2.31. The fraction of sp³-hybridized carbons (Fsp3) is 0.154. The fourth-order valence-corrected chi connectivity index (χ4v) is 4.10. The SMILES string of the molecule is O=C(NCc1ccccn1)c1ccc(C2CC(=O)N(c3ccc4cnccc4c3)C2)cc1. The number of benzene rings is 2. The van der Waals surface area contributed by atoms with Gasteiger partial charge in [0.05, 0.1) is 12.2 Å². The number of nitrogens with zero attached hydrogens (tertiary/aromatic N) is 3. The summed E-state index contributed by atoms with van der Waals surface area (Å²) in [6.45, 7) is 1.01. The minimum absolute atomic E-state index is 0.0984. The summed E-state index contributed by atoms with van der Waals surface area (Å²) in [6.07, 6.45) is 5.74. The fourth-order valence-electron chi connectivity index (χ4n) is 4.10. The Morgan fingerprint density at radius 2 is 1.88 bits per heavy atom. The summed E-state index contributed by atoms with van der Waals surface area (Å²) < 4.78 is 0. The summed E-state index contributed by atoms with van der Waals surface area (Å²) in [4.78, 5) is 35.4. The van der Waals surface area contributed by atoms with Crippen LogP contribution in [0.4, 0.5) is 5.69 Å². The number of aromatic nitrogens is 2. The van der Waals surface area contributed by atoms with Crippen LogP contribution in [0.5, 0.6) is 0 Å². The van der Waals surface area contributed by atoms with Crippen molar-refractivity contribution >= 4 is 28.3 Å². The first-order valence-electron chi connectivity index (χ1n) is 10.6. The Morgan fingerprint density at radius 1 is 1.00 bits per heavy atom. The molecule has 0 spiro atoms. The molecule has 32 heavy (non-hydrogen) atoms. The zero-order valence-electron chi connectivity index (χ0n) is 17.4. The molecule has 5 rings (SSSR count). The minimum atomic E-state index is -0.142. The van der Waals surface area contributed by atoms with Crippen LogP contribution in [0.3, 0.4) is 0 Å². The number of anilines is 1. The summed E-state index contributed by atoms with van der Waals surface area (Å²) in [7, 11) is 0. The van der Waals surface area contributed by atoms with Crippen LogP contribution in [-0.4, -0.2) is 28.3 Å². The molecular weight excluding hydrogens is 400 g/mol. The summed E-state index contributed by atoms with van der Waals surface area (Å²) in [5, 5.41) is 5.00. The molecule has 1 saturated heterocycles. The molecular formula is C26H22N4O2. The molecule has 0 radical (unpaired) electrons. The second kappa shape index (κ2) is 8.59. The van der Waals surface area contributed by atoms with Crippen molar-refractivity contribution in [2.45, 2.75) is 18.9 Å². The molecule has 1 atom stereocenters. The molecule has 1 unspecified atom stereocenters. The zero-order chi connectivity index (χ0) is 21.9. The van der Waals surface area contributed by atoms with Crippen molar-refractivity contribution in [3.8, 4) is 0 Å². The third-order valence-electron chi connectivity index (χ3n) is 5.86. The predicted octanol–water partition coefficient (Wildman–Crippen LogP) is 4.08. The van der Waals surface area contributed by atoms with Crippen molar-refractivity contribution in [1.29, 1.82) is 0 Å². The van der Waals surface area contributed by atoms with Gasteiger partial charge < -0.3 is 10.2 Å².